The van der Waals surface area contributed by atoms with E-state index in [9.17, 15) is 29.9 Å². The molecule has 2 amide bonds. The molecule has 0 aliphatic heterocycles. The summed E-state index contributed by atoms with van der Waals surface area (Å²) in [5.41, 5.74) is 3.35. The molecule has 0 heterocycles. The maximum absolute atomic E-state index is 13.3. The van der Waals surface area contributed by atoms with Crippen LogP contribution in [-0.4, -0.2) is 45.6 Å². The number of carbonyl (C=O) groups excluding carboxylic acids is 2. The SMILES string of the molecule is C[C@]12CC[C@@H]3c4ccc(O)cc4CC[C@H]3[C@@H]1C[C@H](CCCN[C@@H](Cc1ccc([N+](=O)[O-])cc1)C(=O)NC(=O)CCC1CCCC1)[C@@H]2O. The summed E-state index contributed by atoms with van der Waals surface area (Å²) < 4.78 is 0. The Morgan fingerprint density at radius 2 is 1.83 bits per heavy atom. The molecule has 7 atom stereocenters. The van der Waals surface area contributed by atoms with E-state index in [1.807, 2.05) is 12.1 Å². The number of nitro groups is 1. The van der Waals surface area contributed by atoms with E-state index in [0.717, 1.165) is 69.8 Å². The van der Waals surface area contributed by atoms with Gasteiger partial charge in [0.15, 0.2) is 0 Å². The second kappa shape index (κ2) is 14.4. The van der Waals surface area contributed by atoms with Crippen LogP contribution in [0, 0.1) is 39.2 Å². The molecule has 9 heteroatoms. The van der Waals surface area contributed by atoms with E-state index in [2.05, 4.69) is 23.6 Å². The number of carbonyl (C=O) groups is 2. The third kappa shape index (κ3) is 7.41. The smallest absolute Gasteiger partial charge is 0.269 e. The number of nitrogens with one attached hydrogen (secondary N) is 2. The summed E-state index contributed by atoms with van der Waals surface area (Å²) in [4.78, 5) is 36.7. The van der Waals surface area contributed by atoms with E-state index in [-0.39, 0.29) is 34.9 Å². The minimum Gasteiger partial charge on any atom is -0.508 e. The predicted octanol–water partition coefficient (Wildman–Crippen LogP) is 6.34. The molecule has 4 aliphatic rings. The second-order valence-electron chi connectivity index (χ2n) is 15.2. The van der Waals surface area contributed by atoms with Gasteiger partial charge in [0.05, 0.1) is 17.1 Å². The number of imide groups is 1. The van der Waals surface area contributed by atoms with Gasteiger partial charge in [0, 0.05) is 18.6 Å². The van der Waals surface area contributed by atoms with E-state index >= 15 is 0 Å². The molecule has 9 nitrogen and oxygen atoms in total. The Balaban J connectivity index is 1.05. The fourth-order valence-electron chi connectivity index (χ4n) is 9.81. The van der Waals surface area contributed by atoms with Gasteiger partial charge in [0.25, 0.3) is 5.69 Å². The van der Waals surface area contributed by atoms with Gasteiger partial charge in [-0.1, -0.05) is 50.8 Å². The average Bonchev–Trinajstić information content (AvgIpc) is 3.67. The van der Waals surface area contributed by atoms with Gasteiger partial charge < -0.3 is 15.5 Å². The molecule has 6 rings (SSSR count). The third-order valence-corrected chi connectivity index (χ3v) is 12.4. The molecule has 3 saturated carbocycles. The molecule has 0 saturated heterocycles. The summed E-state index contributed by atoms with van der Waals surface area (Å²) in [5, 5.41) is 38.8. The van der Waals surface area contributed by atoms with Crippen LogP contribution in [-0.2, 0) is 22.4 Å². The number of hydrogen-bond acceptors (Lipinski definition) is 7. The molecular weight excluding hydrogens is 594 g/mol. The van der Waals surface area contributed by atoms with Crippen molar-refractivity contribution in [3.05, 3.63) is 69.3 Å². The lowest BCUT2D eigenvalue weighted by Gasteiger charge is -2.50. The van der Waals surface area contributed by atoms with Crippen LogP contribution in [0.3, 0.4) is 0 Å². The van der Waals surface area contributed by atoms with Gasteiger partial charge in [0.2, 0.25) is 11.8 Å². The molecule has 4 aliphatic carbocycles. The van der Waals surface area contributed by atoms with E-state index in [1.165, 1.54) is 36.1 Å². The van der Waals surface area contributed by atoms with Gasteiger partial charge >= 0.3 is 0 Å². The maximum atomic E-state index is 13.3. The number of fused-ring (bicyclic) bond motifs is 5. The van der Waals surface area contributed by atoms with Gasteiger partial charge in [-0.15, -0.1) is 0 Å². The molecule has 0 radical (unpaired) electrons. The van der Waals surface area contributed by atoms with Gasteiger partial charge in [-0.25, -0.2) is 0 Å². The van der Waals surface area contributed by atoms with Crippen LogP contribution < -0.4 is 10.6 Å². The van der Waals surface area contributed by atoms with E-state index in [4.69, 9.17) is 0 Å². The Hall–Kier alpha value is -3.30. The first-order valence-electron chi connectivity index (χ1n) is 17.9. The highest BCUT2D eigenvalue weighted by molar-refractivity contribution is 5.97. The third-order valence-electron chi connectivity index (χ3n) is 12.4. The monoisotopic (exact) mass is 645 g/mol. The number of benzene rings is 2. The van der Waals surface area contributed by atoms with Crippen molar-refractivity contribution in [3.8, 4) is 5.75 Å². The summed E-state index contributed by atoms with van der Waals surface area (Å²) in [6.45, 7) is 2.85. The number of phenolic OH excluding ortho intramolecular Hbond substituents is 1. The molecule has 0 aromatic heterocycles. The van der Waals surface area contributed by atoms with Crippen LogP contribution in [0.15, 0.2) is 42.5 Å². The van der Waals surface area contributed by atoms with Crippen LogP contribution in [0.4, 0.5) is 5.69 Å². The van der Waals surface area contributed by atoms with E-state index < -0.39 is 11.0 Å². The normalized spacial score (nSPS) is 29.0. The van der Waals surface area contributed by atoms with E-state index in [0.29, 0.717) is 48.8 Å². The summed E-state index contributed by atoms with van der Waals surface area (Å²) in [5.74, 6) is 1.99. The van der Waals surface area contributed by atoms with E-state index in [1.54, 1.807) is 12.1 Å². The molecule has 3 fully saturated rings. The van der Waals surface area contributed by atoms with Crippen molar-refractivity contribution >= 4 is 17.5 Å². The quantitative estimate of drug-likeness (QED) is 0.120. The number of nitro benzene ring substituents is 1. The van der Waals surface area contributed by atoms with Gasteiger partial charge in [0.1, 0.15) is 5.75 Å². The highest BCUT2D eigenvalue weighted by Gasteiger charge is 2.57. The minimum atomic E-state index is -0.650. The summed E-state index contributed by atoms with van der Waals surface area (Å²) in [6, 6.07) is 11.4. The molecule has 4 N–H and O–H groups in total. The second-order valence-corrected chi connectivity index (χ2v) is 15.2. The van der Waals surface area contributed by atoms with Crippen LogP contribution >= 0.6 is 0 Å². The van der Waals surface area contributed by atoms with Crippen molar-refractivity contribution < 1.29 is 24.7 Å². The van der Waals surface area contributed by atoms with Crippen molar-refractivity contribution in [1.82, 2.24) is 10.6 Å². The van der Waals surface area contributed by atoms with Gasteiger partial charge in [-0.3, -0.25) is 25.0 Å². The molecule has 254 valence electrons. The summed E-state index contributed by atoms with van der Waals surface area (Å²) in [7, 11) is 0. The fourth-order valence-corrected chi connectivity index (χ4v) is 9.81. The number of aliphatic hydroxyl groups is 1. The van der Waals surface area contributed by atoms with Crippen LogP contribution in [0.25, 0.3) is 0 Å². The molecular formula is C38H51N3O6. The first kappa shape index (κ1) is 33.6. The molecule has 0 spiro atoms. The maximum Gasteiger partial charge on any atom is 0.269 e. The zero-order valence-corrected chi connectivity index (χ0v) is 27.7. The summed E-state index contributed by atoms with van der Waals surface area (Å²) in [6.07, 6.45) is 12.6. The zero-order valence-electron chi connectivity index (χ0n) is 27.7. The Bertz CT molecular complexity index is 1440. The van der Waals surface area contributed by atoms with Crippen molar-refractivity contribution in [2.75, 3.05) is 6.54 Å². The number of hydrogen-bond donors (Lipinski definition) is 4. The largest absolute Gasteiger partial charge is 0.508 e. The zero-order chi connectivity index (χ0) is 33.1. The topological polar surface area (TPSA) is 142 Å². The van der Waals surface area contributed by atoms with Gasteiger partial charge in [-0.2, -0.15) is 0 Å². The van der Waals surface area contributed by atoms with Crippen molar-refractivity contribution in [2.24, 2.45) is 29.1 Å². The standard InChI is InChI=1S/C38H51N3O6/c1-38-19-18-31-30-16-14-29(42)22-26(30)11-15-32(31)33(38)23-27(36(38)44)7-4-20-39-34(21-25-8-12-28(13-9-25)41(46)47)37(45)40-35(43)17-10-24-5-2-3-6-24/h8-9,12-14,16,22,24,27,31-34,36,39,42,44H,2-7,10-11,15,17-21,23H2,1H3,(H,40,43,45)/t27-,31+,32+,33-,34-,36-,38-/m0/s1. The molecule has 47 heavy (non-hydrogen) atoms. The molecule has 0 bridgehead atoms. The van der Waals surface area contributed by atoms with Crippen LogP contribution in [0.1, 0.15) is 107 Å². The molecule has 2 aromatic rings. The van der Waals surface area contributed by atoms with Crippen LogP contribution in [0.2, 0.25) is 0 Å². The number of non-ortho nitro benzene ring substituents is 1. The lowest BCUT2D eigenvalue weighted by atomic mass is 9.55. The molecule has 0 unspecified atom stereocenters. The Morgan fingerprint density at radius 1 is 1.06 bits per heavy atom. The average molecular weight is 646 g/mol. The number of aromatic hydroxyl groups is 1. The number of nitrogens with zero attached hydrogens (tertiary/aromatic N) is 1. The minimum absolute atomic E-state index is 0.00256. The highest BCUT2D eigenvalue weighted by Crippen LogP contribution is 2.62. The first-order valence-corrected chi connectivity index (χ1v) is 17.9. The van der Waals surface area contributed by atoms with Gasteiger partial charge in [-0.05, 0) is 128 Å². The number of phenols is 1. The molecule has 2 aromatic carbocycles. The van der Waals surface area contributed by atoms with Crippen molar-refractivity contribution in [1.29, 1.82) is 0 Å². The number of rotatable bonds is 12. The fraction of sp³-hybridized carbons (Fsp3) is 0.632. The number of aliphatic hydroxyl groups excluding tert-OH is 1. The Labute approximate surface area is 278 Å². The first-order chi connectivity index (χ1) is 22.6. The Kier molecular flexibility index (Phi) is 10.3. The van der Waals surface area contributed by atoms with Crippen LogP contribution in [0.5, 0.6) is 5.75 Å². The number of aryl methyl sites for hydroxylation is 1. The predicted molar refractivity (Wildman–Crippen MR) is 180 cm³/mol. The van der Waals surface area contributed by atoms with Crippen molar-refractivity contribution in [2.45, 2.75) is 115 Å². The van der Waals surface area contributed by atoms with Crippen molar-refractivity contribution in [3.63, 3.8) is 0 Å². The number of amides is 2. The lowest BCUT2D eigenvalue weighted by Crippen LogP contribution is -2.48. The lowest BCUT2D eigenvalue weighted by molar-refractivity contribution is -0.384. The summed E-state index contributed by atoms with van der Waals surface area (Å²) >= 11 is 0. The Morgan fingerprint density at radius 3 is 2.57 bits per heavy atom. The highest BCUT2D eigenvalue weighted by atomic mass is 16.6.